The number of nitrogens with one attached hydrogen (secondary N) is 1. The smallest absolute Gasteiger partial charge is 0.272 e. The lowest BCUT2D eigenvalue weighted by atomic mass is 10.2. The quantitative estimate of drug-likeness (QED) is 0.495. The number of amides is 1. The third kappa shape index (κ3) is 3.77. The first kappa shape index (κ1) is 20.4. The van der Waals surface area contributed by atoms with Crippen LogP contribution in [0.3, 0.4) is 0 Å². The van der Waals surface area contributed by atoms with E-state index in [-0.39, 0.29) is 29.8 Å². The van der Waals surface area contributed by atoms with Gasteiger partial charge in [-0.2, -0.15) is 0 Å². The van der Waals surface area contributed by atoms with Crippen molar-refractivity contribution in [1.29, 1.82) is 0 Å². The maximum atomic E-state index is 13.1. The first-order valence-electron chi connectivity index (χ1n) is 10.2. The molecule has 1 saturated heterocycles. The monoisotopic (exact) mass is 451 g/mol. The van der Waals surface area contributed by atoms with Crippen molar-refractivity contribution >= 4 is 26.8 Å². The number of carbonyl (C=O) groups excluding carboxylic acids is 1. The largest absolute Gasteiger partial charge is 0.463 e. The fourth-order valence-electron chi connectivity index (χ4n) is 4.11. The lowest BCUT2D eigenvalue weighted by Crippen LogP contribution is -2.25. The van der Waals surface area contributed by atoms with Gasteiger partial charge in [-0.1, -0.05) is 6.07 Å². The van der Waals surface area contributed by atoms with E-state index in [1.807, 2.05) is 29.7 Å². The number of furan rings is 1. The Morgan fingerprint density at radius 2 is 2.12 bits per heavy atom. The molecule has 1 unspecified atom stereocenters. The van der Waals surface area contributed by atoms with Gasteiger partial charge < -0.3 is 14.3 Å². The molecule has 1 amide bonds. The Labute approximate surface area is 184 Å². The maximum Gasteiger partial charge on any atom is 0.272 e. The average molecular weight is 452 g/mol. The van der Waals surface area contributed by atoms with Crippen LogP contribution in [0.4, 0.5) is 0 Å². The summed E-state index contributed by atoms with van der Waals surface area (Å²) in [6, 6.07) is 10.5. The Morgan fingerprint density at radius 1 is 1.25 bits per heavy atom. The van der Waals surface area contributed by atoms with Gasteiger partial charge in [-0.3, -0.25) is 9.78 Å². The van der Waals surface area contributed by atoms with E-state index >= 15 is 0 Å². The second-order valence-corrected chi connectivity index (χ2v) is 10.0. The maximum absolute atomic E-state index is 13.1. The van der Waals surface area contributed by atoms with Gasteiger partial charge in [0.05, 0.1) is 41.6 Å². The second kappa shape index (κ2) is 7.86. The molecule has 1 aliphatic rings. The van der Waals surface area contributed by atoms with Crippen molar-refractivity contribution in [2.75, 3.05) is 11.5 Å². The van der Waals surface area contributed by atoms with Crippen molar-refractivity contribution in [2.45, 2.75) is 25.9 Å². The molecule has 1 aliphatic heterocycles. The van der Waals surface area contributed by atoms with Gasteiger partial charge in [0, 0.05) is 6.20 Å². The molecule has 1 N–H and O–H groups in total. The third-order valence-corrected chi connectivity index (χ3v) is 7.32. The number of hydrogen-bond donors (Lipinski definition) is 1. The van der Waals surface area contributed by atoms with Crippen LogP contribution in [0.1, 0.15) is 34.5 Å². The molecule has 5 rings (SSSR count). The van der Waals surface area contributed by atoms with Gasteiger partial charge >= 0.3 is 0 Å². The SMILES string of the molecule is Cc1nc2c(C(=O)NCc3ccccn3)nc(-c3ccco3)cc2n1C1CCS(=O)(=O)C1. The number of pyridine rings is 2. The molecule has 0 saturated carbocycles. The van der Waals surface area contributed by atoms with Crippen LogP contribution in [0, 0.1) is 6.92 Å². The third-order valence-electron chi connectivity index (χ3n) is 5.57. The fourth-order valence-corrected chi connectivity index (χ4v) is 5.81. The number of carbonyl (C=O) groups is 1. The zero-order chi connectivity index (χ0) is 22.3. The number of nitrogens with zero attached hydrogens (tertiary/aromatic N) is 4. The van der Waals surface area contributed by atoms with E-state index in [1.54, 1.807) is 24.4 Å². The van der Waals surface area contributed by atoms with Crippen LogP contribution in [-0.4, -0.2) is 45.3 Å². The Hall–Kier alpha value is -3.53. The van der Waals surface area contributed by atoms with Crippen molar-refractivity contribution in [1.82, 2.24) is 24.8 Å². The predicted octanol–water partition coefficient (Wildman–Crippen LogP) is 2.68. The van der Waals surface area contributed by atoms with Crippen LogP contribution in [0.25, 0.3) is 22.5 Å². The molecule has 32 heavy (non-hydrogen) atoms. The molecule has 1 fully saturated rings. The normalized spacial score (nSPS) is 17.6. The van der Waals surface area contributed by atoms with E-state index in [2.05, 4.69) is 20.3 Å². The average Bonchev–Trinajstić information content (AvgIpc) is 3.50. The van der Waals surface area contributed by atoms with E-state index in [4.69, 9.17) is 4.42 Å². The molecular weight excluding hydrogens is 430 g/mol. The van der Waals surface area contributed by atoms with Crippen molar-refractivity contribution in [2.24, 2.45) is 0 Å². The number of imidazole rings is 1. The predicted molar refractivity (Wildman–Crippen MR) is 118 cm³/mol. The van der Waals surface area contributed by atoms with Crippen molar-refractivity contribution < 1.29 is 17.6 Å². The second-order valence-electron chi connectivity index (χ2n) is 7.79. The van der Waals surface area contributed by atoms with E-state index in [1.165, 1.54) is 6.26 Å². The highest BCUT2D eigenvalue weighted by atomic mass is 32.2. The molecule has 4 aromatic rings. The van der Waals surface area contributed by atoms with Crippen LogP contribution < -0.4 is 5.32 Å². The van der Waals surface area contributed by atoms with Crippen LogP contribution in [0.15, 0.2) is 53.3 Å². The summed E-state index contributed by atoms with van der Waals surface area (Å²) < 4.78 is 31.6. The highest BCUT2D eigenvalue weighted by Crippen LogP contribution is 2.32. The number of rotatable bonds is 5. The summed E-state index contributed by atoms with van der Waals surface area (Å²) in [6.07, 6.45) is 3.71. The van der Waals surface area contributed by atoms with Gasteiger partial charge in [-0.15, -0.1) is 0 Å². The van der Waals surface area contributed by atoms with Crippen LogP contribution in [0.2, 0.25) is 0 Å². The summed E-state index contributed by atoms with van der Waals surface area (Å²) in [5, 5.41) is 2.85. The summed E-state index contributed by atoms with van der Waals surface area (Å²) in [5.74, 6) is 0.954. The minimum Gasteiger partial charge on any atom is -0.463 e. The molecule has 0 bridgehead atoms. The fraction of sp³-hybridized carbons (Fsp3) is 0.273. The molecule has 9 nitrogen and oxygen atoms in total. The number of fused-ring (bicyclic) bond motifs is 1. The van der Waals surface area contributed by atoms with E-state index < -0.39 is 15.7 Å². The zero-order valence-electron chi connectivity index (χ0n) is 17.4. The molecule has 1 atom stereocenters. The number of aryl methyl sites for hydroxylation is 1. The van der Waals surface area contributed by atoms with Gasteiger partial charge in [0.1, 0.15) is 17.0 Å². The molecule has 0 radical (unpaired) electrons. The zero-order valence-corrected chi connectivity index (χ0v) is 18.2. The molecule has 0 aliphatic carbocycles. The summed E-state index contributed by atoms with van der Waals surface area (Å²) in [7, 11) is -3.09. The molecule has 0 spiro atoms. The molecule has 4 aromatic heterocycles. The molecule has 0 aromatic carbocycles. The van der Waals surface area contributed by atoms with E-state index in [0.29, 0.717) is 34.7 Å². The van der Waals surface area contributed by atoms with Crippen LogP contribution in [0.5, 0.6) is 0 Å². The lowest BCUT2D eigenvalue weighted by molar-refractivity contribution is 0.0947. The van der Waals surface area contributed by atoms with Gasteiger partial charge in [0.25, 0.3) is 5.91 Å². The van der Waals surface area contributed by atoms with Crippen LogP contribution in [-0.2, 0) is 16.4 Å². The van der Waals surface area contributed by atoms with Gasteiger partial charge in [0.2, 0.25) is 0 Å². The van der Waals surface area contributed by atoms with Crippen molar-refractivity contribution in [3.05, 3.63) is 66.1 Å². The summed E-state index contributed by atoms with van der Waals surface area (Å²) in [5.41, 5.74) is 2.45. The summed E-state index contributed by atoms with van der Waals surface area (Å²) >= 11 is 0. The number of hydrogen-bond acceptors (Lipinski definition) is 7. The minimum absolute atomic E-state index is 0.0545. The highest BCUT2D eigenvalue weighted by Gasteiger charge is 2.32. The number of aromatic nitrogens is 4. The van der Waals surface area contributed by atoms with Crippen molar-refractivity contribution in [3.8, 4) is 11.5 Å². The lowest BCUT2D eigenvalue weighted by Gasteiger charge is -2.14. The van der Waals surface area contributed by atoms with Crippen molar-refractivity contribution in [3.63, 3.8) is 0 Å². The Bertz CT molecular complexity index is 1400. The standard InChI is InChI=1S/C22H21N5O4S/c1-14-25-20-18(27(14)16-7-10-32(29,30)13-16)11-17(19-6-4-9-31-19)26-21(20)22(28)24-12-15-5-2-3-8-23-15/h2-6,8-9,11,16H,7,10,12-13H2,1H3,(H,24,28). The molecule has 5 heterocycles. The Kier molecular flexibility index (Phi) is 5.01. The van der Waals surface area contributed by atoms with Crippen LogP contribution >= 0.6 is 0 Å². The minimum atomic E-state index is -3.09. The first-order chi connectivity index (χ1) is 15.4. The van der Waals surface area contributed by atoms with Gasteiger partial charge in [0.15, 0.2) is 21.3 Å². The van der Waals surface area contributed by atoms with Gasteiger partial charge in [-0.05, 0) is 43.7 Å². The molecular formula is C22H21N5O4S. The Morgan fingerprint density at radius 3 is 2.81 bits per heavy atom. The first-order valence-corrected chi connectivity index (χ1v) is 12.1. The Balaban J connectivity index is 1.60. The number of sulfone groups is 1. The summed E-state index contributed by atoms with van der Waals surface area (Å²) in [6.45, 7) is 2.06. The van der Waals surface area contributed by atoms with E-state index in [0.717, 1.165) is 5.69 Å². The van der Waals surface area contributed by atoms with E-state index in [9.17, 15) is 13.2 Å². The topological polar surface area (TPSA) is 120 Å². The molecule has 10 heteroatoms. The van der Waals surface area contributed by atoms with Gasteiger partial charge in [-0.25, -0.2) is 18.4 Å². The molecule has 164 valence electrons. The highest BCUT2D eigenvalue weighted by molar-refractivity contribution is 7.91. The summed E-state index contributed by atoms with van der Waals surface area (Å²) in [4.78, 5) is 26.5.